The van der Waals surface area contributed by atoms with Gasteiger partial charge in [0.15, 0.2) is 0 Å². The number of nitrogens with zero attached hydrogens (tertiary/aromatic N) is 2. The molecule has 0 saturated carbocycles. The van der Waals surface area contributed by atoms with E-state index in [4.69, 9.17) is 0 Å². The number of hydrogen-bond acceptors (Lipinski definition) is 3. The van der Waals surface area contributed by atoms with Crippen molar-refractivity contribution >= 4 is 28.5 Å². The molecule has 0 saturated heterocycles. The van der Waals surface area contributed by atoms with Crippen molar-refractivity contribution in [1.82, 2.24) is 14.9 Å². The van der Waals surface area contributed by atoms with Crippen LogP contribution in [0.15, 0.2) is 79.1 Å². The molecule has 2 amide bonds. The number of rotatable bonds is 7. The molecule has 7 heteroatoms. The second-order valence-electron chi connectivity index (χ2n) is 8.64. The van der Waals surface area contributed by atoms with E-state index in [0.717, 1.165) is 27.8 Å². The minimum absolute atomic E-state index is 0.0496. The monoisotopic (exact) mass is 456 g/mol. The number of fused-ring (bicyclic) bond motifs is 2. The van der Waals surface area contributed by atoms with E-state index in [-0.39, 0.29) is 36.0 Å². The first kappa shape index (κ1) is 21.8. The summed E-state index contributed by atoms with van der Waals surface area (Å²) in [5.41, 5.74) is 4.56. The van der Waals surface area contributed by atoms with Crippen molar-refractivity contribution in [1.29, 1.82) is 0 Å². The average Bonchev–Trinajstić information content (AvgIpc) is 3.25. The number of benzene rings is 3. The highest BCUT2D eigenvalue weighted by molar-refractivity contribution is 5.96. The van der Waals surface area contributed by atoms with Crippen molar-refractivity contribution in [3.63, 3.8) is 0 Å². The second kappa shape index (κ2) is 9.47. The van der Waals surface area contributed by atoms with Gasteiger partial charge in [-0.2, -0.15) is 0 Å². The Morgan fingerprint density at radius 1 is 1.09 bits per heavy atom. The predicted molar refractivity (Wildman–Crippen MR) is 129 cm³/mol. The molecule has 0 radical (unpaired) electrons. The van der Waals surface area contributed by atoms with Gasteiger partial charge in [0.05, 0.1) is 23.4 Å². The van der Waals surface area contributed by atoms with Gasteiger partial charge >= 0.3 is 0 Å². The van der Waals surface area contributed by atoms with E-state index in [1.54, 1.807) is 18.5 Å². The van der Waals surface area contributed by atoms with Gasteiger partial charge < -0.3 is 15.2 Å². The Kier molecular flexibility index (Phi) is 6.08. The maximum Gasteiger partial charge on any atom is 0.227 e. The predicted octanol–water partition coefficient (Wildman–Crippen LogP) is 4.62. The molecule has 2 heterocycles. The summed E-state index contributed by atoms with van der Waals surface area (Å²) in [6.45, 7) is 0.454. The Bertz CT molecular complexity index is 1330. The molecule has 5 rings (SSSR count). The molecule has 1 aliphatic heterocycles. The smallest absolute Gasteiger partial charge is 0.227 e. The van der Waals surface area contributed by atoms with Crippen LogP contribution in [0.2, 0.25) is 0 Å². The average molecular weight is 457 g/mol. The molecular formula is C27H25FN4O2. The lowest BCUT2D eigenvalue weighted by atomic mass is 9.89. The lowest BCUT2D eigenvalue weighted by Gasteiger charge is -2.25. The molecule has 0 fully saturated rings. The van der Waals surface area contributed by atoms with Gasteiger partial charge in [-0.3, -0.25) is 9.59 Å². The third-order valence-corrected chi connectivity index (χ3v) is 6.35. The molecule has 1 aliphatic rings. The van der Waals surface area contributed by atoms with Crippen LogP contribution in [0.25, 0.3) is 11.0 Å². The Morgan fingerprint density at radius 3 is 2.71 bits per heavy atom. The van der Waals surface area contributed by atoms with Crippen LogP contribution in [0.3, 0.4) is 0 Å². The maximum atomic E-state index is 13.5. The lowest BCUT2D eigenvalue weighted by molar-refractivity contribution is -0.123. The van der Waals surface area contributed by atoms with Crippen molar-refractivity contribution in [3.8, 4) is 0 Å². The fourth-order valence-corrected chi connectivity index (χ4v) is 4.50. The molecule has 4 aromatic rings. The van der Waals surface area contributed by atoms with Crippen molar-refractivity contribution < 1.29 is 14.0 Å². The standard InChI is InChI=1S/C27H25FN4O2/c28-21-12-9-18(10-13-21)24(16-32-17-29-23-7-3-4-8-25(23)32)30-26(33)14-11-20-15-19-5-1-2-6-22(19)31-27(20)34/h1-10,12-13,17,20,24H,11,14-16H2,(H,30,33)(H,31,34). The largest absolute Gasteiger partial charge is 0.347 e. The van der Waals surface area contributed by atoms with Gasteiger partial charge in [-0.05, 0) is 54.3 Å². The Hall–Kier alpha value is -4.00. The normalized spacial score (nSPS) is 16.0. The summed E-state index contributed by atoms with van der Waals surface area (Å²) in [5.74, 6) is -0.773. The Morgan fingerprint density at radius 2 is 1.85 bits per heavy atom. The number of hydrogen-bond donors (Lipinski definition) is 2. The first-order valence-corrected chi connectivity index (χ1v) is 11.4. The molecule has 0 aliphatic carbocycles. The van der Waals surface area contributed by atoms with Gasteiger partial charge in [0.2, 0.25) is 11.8 Å². The number of halogens is 1. The molecule has 2 unspecified atom stereocenters. The van der Waals surface area contributed by atoms with Gasteiger partial charge in [-0.15, -0.1) is 0 Å². The summed E-state index contributed by atoms with van der Waals surface area (Å²) >= 11 is 0. The van der Waals surface area contributed by atoms with Crippen molar-refractivity contribution in [2.75, 3.05) is 5.32 Å². The highest BCUT2D eigenvalue weighted by Crippen LogP contribution is 2.28. The van der Waals surface area contributed by atoms with Crippen LogP contribution < -0.4 is 10.6 Å². The number of nitrogens with one attached hydrogen (secondary N) is 2. The van der Waals surface area contributed by atoms with Crippen LogP contribution in [0, 0.1) is 11.7 Å². The Balaban J connectivity index is 1.28. The van der Waals surface area contributed by atoms with Crippen LogP contribution >= 0.6 is 0 Å². The lowest BCUT2D eigenvalue weighted by Crippen LogP contribution is -2.34. The first-order valence-electron chi connectivity index (χ1n) is 11.4. The summed E-state index contributed by atoms with van der Waals surface area (Å²) in [5, 5.41) is 6.02. The third-order valence-electron chi connectivity index (χ3n) is 6.35. The van der Waals surface area contributed by atoms with E-state index in [2.05, 4.69) is 15.6 Å². The number of aromatic nitrogens is 2. The molecule has 0 spiro atoms. The van der Waals surface area contributed by atoms with Gasteiger partial charge in [-0.1, -0.05) is 42.5 Å². The SMILES string of the molecule is O=C(CCC1Cc2ccccc2NC1=O)NC(Cn1cnc2ccccc21)c1ccc(F)cc1. The van der Waals surface area contributed by atoms with E-state index in [1.165, 1.54) is 12.1 Å². The minimum atomic E-state index is -0.369. The minimum Gasteiger partial charge on any atom is -0.347 e. The first-order chi connectivity index (χ1) is 16.6. The molecule has 34 heavy (non-hydrogen) atoms. The highest BCUT2D eigenvalue weighted by atomic mass is 19.1. The molecular weight excluding hydrogens is 431 g/mol. The fraction of sp³-hybridized carbons (Fsp3) is 0.222. The maximum absolute atomic E-state index is 13.5. The number of imidazole rings is 1. The van der Waals surface area contributed by atoms with E-state index in [1.807, 2.05) is 53.1 Å². The zero-order valence-corrected chi connectivity index (χ0v) is 18.6. The van der Waals surface area contributed by atoms with Crippen LogP contribution in [-0.4, -0.2) is 21.4 Å². The van der Waals surface area contributed by atoms with Crippen molar-refractivity contribution in [2.24, 2.45) is 5.92 Å². The van der Waals surface area contributed by atoms with Crippen molar-refractivity contribution in [2.45, 2.75) is 31.8 Å². The fourth-order valence-electron chi connectivity index (χ4n) is 4.50. The molecule has 2 N–H and O–H groups in total. The zero-order valence-electron chi connectivity index (χ0n) is 18.6. The quantitative estimate of drug-likeness (QED) is 0.426. The van der Waals surface area contributed by atoms with Crippen molar-refractivity contribution in [3.05, 3.63) is 96.1 Å². The number of carbonyl (C=O) groups is 2. The molecule has 3 aromatic carbocycles. The zero-order chi connectivity index (χ0) is 23.5. The van der Waals surface area contributed by atoms with E-state index < -0.39 is 0 Å². The summed E-state index contributed by atoms with van der Waals surface area (Å²) in [6, 6.07) is 21.3. The van der Waals surface area contributed by atoms with Crippen LogP contribution in [0.1, 0.15) is 30.0 Å². The summed E-state index contributed by atoms with van der Waals surface area (Å²) in [4.78, 5) is 29.9. The number of carbonyl (C=O) groups excluding carboxylic acids is 2. The highest BCUT2D eigenvalue weighted by Gasteiger charge is 2.27. The second-order valence-corrected chi connectivity index (χ2v) is 8.64. The topological polar surface area (TPSA) is 76.0 Å². The summed E-state index contributed by atoms with van der Waals surface area (Å²) < 4.78 is 15.5. The molecule has 1 aromatic heterocycles. The molecule has 2 atom stereocenters. The summed E-state index contributed by atoms with van der Waals surface area (Å²) in [6.07, 6.45) is 3.05. The van der Waals surface area contributed by atoms with Crippen LogP contribution in [0.4, 0.5) is 10.1 Å². The Labute approximate surface area is 196 Å². The van der Waals surface area contributed by atoms with Crippen LogP contribution in [-0.2, 0) is 22.6 Å². The van der Waals surface area contributed by atoms with Gasteiger partial charge in [-0.25, -0.2) is 9.37 Å². The molecule has 0 bridgehead atoms. The molecule has 172 valence electrons. The van der Waals surface area contributed by atoms with E-state index in [0.29, 0.717) is 19.4 Å². The van der Waals surface area contributed by atoms with Crippen LogP contribution in [0.5, 0.6) is 0 Å². The van der Waals surface area contributed by atoms with E-state index in [9.17, 15) is 14.0 Å². The molecule has 6 nitrogen and oxygen atoms in total. The van der Waals surface area contributed by atoms with Gasteiger partial charge in [0, 0.05) is 24.6 Å². The van der Waals surface area contributed by atoms with E-state index >= 15 is 0 Å². The number of para-hydroxylation sites is 3. The van der Waals surface area contributed by atoms with Gasteiger partial charge in [0.1, 0.15) is 5.82 Å². The number of amides is 2. The number of anilines is 1. The van der Waals surface area contributed by atoms with Gasteiger partial charge in [0.25, 0.3) is 0 Å². The third kappa shape index (κ3) is 4.69. The summed E-state index contributed by atoms with van der Waals surface area (Å²) in [7, 11) is 0.